The zero-order valence-corrected chi connectivity index (χ0v) is 9.93. The maximum atomic E-state index is 12.9. The molecule has 0 aliphatic carbocycles. The molecule has 0 aliphatic rings. The van der Waals surface area contributed by atoms with Crippen molar-refractivity contribution in [3.05, 3.63) is 35.6 Å². The Balaban J connectivity index is 2.71. The van der Waals surface area contributed by atoms with Crippen molar-refractivity contribution in [3.63, 3.8) is 0 Å². The molecular formula is C12H13FN2O4. The number of nitrogens with two attached hydrogens (primary N) is 1. The highest BCUT2D eigenvalue weighted by Gasteiger charge is 2.20. The van der Waals surface area contributed by atoms with Crippen LogP contribution in [0.5, 0.6) is 0 Å². The minimum atomic E-state index is -1.11. The number of primary amides is 1. The van der Waals surface area contributed by atoms with Crippen molar-refractivity contribution in [1.29, 1.82) is 0 Å². The molecule has 7 heteroatoms. The van der Waals surface area contributed by atoms with Crippen LogP contribution in [0, 0.1) is 5.82 Å². The van der Waals surface area contributed by atoms with Crippen LogP contribution >= 0.6 is 0 Å². The van der Waals surface area contributed by atoms with E-state index in [2.05, 4.69) is 5.32 Å². The highest BCUT2D eigenvalue weighted by molar-refractivity contribution is 5.97. The van der Waals surface area contributed by atoms with Gasteiger partial charge in [0.1, 0.15) is 11.9 Å². The number of carbonyl (C=O) groups excluding carboxylic acids is 2. The Bertz CT molecular complexity index is 504. The molecule has 0 aromatic heterocycles. The van der Waals surface area contributed by atoms with E-state index in [0.717, 1.165) is 6.07 Å². The van der Waals surface area contributed by atoms with Crippen LogP contribution in [0.4, 0.5) is 4.39 Å². The summed E-state index contributed by atoms with van der Waals surface area (Å²) in [6, 6.07) is 3.79. The zero-order chi connectivity index (χ0) is 14.4. The van der Waals surface area contributed by atoms with Gasteiger partial charge >= 0.3 is 5.97 Å². The molecule has 0 fully saturated rings. The average Bonchev–Trinajstić information content (AvgIpc) is 2.33. The quantitative estimate of drug-likeness (QED) is 0.688. The lowest BCUT2D eigenvalue weighted by Gasteiger charge is -2.14. The molecule has 0 radical (unpaired) electrons. The van der Waals surface area contributed by atoms with E-state index in [-0.39, 0.29) is 18.4 Å². The molecule has 4 N–H and O–H groups in total. The molecule has 0 unspecified atom stereocenters. The van der Waals surface area contributed by atoms with Crippen molar-refractivity contribution in [2.24, 2.45) is 5.73 Å². The van der Waals surface area contributed by atoms with Gasteiger partial charge in [0, 0.05) is 12.0 Å². The van der Waals surface area contributed by atoms with Gasteiger partial charge in [0.2, 0.25) is 5.91 Å². The Morgan fingerprint density at radius 1 is 1.37 bits per heavy atom. The largest absolute Gasteiger partial charge is 0.481 e. The molecule has 1 aromatic rings. The zero-order valence-electron chi connectivity index (χ0n) is 9.93. The van der Waals surface area contributed by atoms with Crippen LogP contribution in [0.25, 0.3) is 0 Å². The fraction of sp³-hybridized carbons (Fsp3) is 0.250. The monoisotopic (exact) mass is 268 g/mol. The molecule has 1 atom stereocenters. The van der Waals surface area contributed by atoms with Crippen molar-refractivity contribution >= 4 is 17.8 Å². The summed E-state index contributed by atoms with van der Waals surface area (Å²) in [5.74, 6) is -3.22. The number of rotatable bonds is 6. The summed E-state index contributed by atoms with van der Waals surface area (Å²) in [6.07, 6.45) is -0.428. The Labute approximate surface area is 108 Å². The average molecular weight is 268 g/mol. The number of benzene rings is 1. The summed E-state index contributed by atoms with van der Waals surface area (Å²) in [4.78, 5) is 33.2. The second-order valence-corrected chi connectivity index (χ2v) is 3.87. The van der Waals surface area contributed by atoms with Gasteiger partial charge in [-0.3, -0.25) is 14.4 Å². The number of halogens is 1. The summed E-state index contributed by atoms with van der Waals surface area (Å²) < 4.78 is 12.9. The van der Waals surface area contributed by atoms with Crippen molar-refractivity contribution in [2.75, 3.05) is 0 Å². The first-order valence-electron chi connectivity index (χ1n) is 5.47. The first kappa shape index (κ1) is 14.6. The number of aliphatic carboxylic acids is 1. The molecule has 102 valence electrons. The lowest BCUT2D eigenvalue weighted by atomic mass is 10.1. The summed E-state index contributed by atoms with van der Waals surface area (Å²) in [5, 5.41) is 10.8. The molecule has 0 saturated heterocycles. The van der Waals surface area contributed by atoms with E-state index in [9.17, 15) is 18.8 Å². The molecule has 6 nitrogen and oxygen atoms in total. The smallest absolute Gasteiger partial charge is 0.303 e. The standard InChI is InChI=1S/C12H13FN2O4/c13-8-3-1-2-7(6-8)12(19)15-9(11(14)18)4-5-10(16)17/h1-3,6,9H,4-5H2,(H2,14,18)(H,15,19)(H,16,17)/t9-/m1/s1. The Kier molecular flexibility index (Phi) is 4.99. The number of nitrogens with one attached hydrogen (secondary N) is 1. The summed E-state index contributed by atoms with van der Waals surface area (Å²) in [6.45, 7) is 0. The van der Waals surface area contributed by atoms with Gasteiger partial charge in [-0.1, -0.05) is 6.07 Å². The maximum absolute atomic E-state index is 12.9. The first-order chi connectivity index (χ1) is 8.90. The topological polar surface area (TPSA) is 109 Å². The molecule has 0 heterocycles. The number of amides is 2. The SMILES string of the molecule is NC(=O)[C@@H](CCC(=O)O)NC(=O)c1cccc(F)c1. The maximum Gasteiger partial charge on any atom is 0.303 e. The minimum absolute atomic E-state index is 0.0292. The van der Waals surface area contributed by atoms with E-state index >= 15 is 0 Å². The van der Waals surface area contributed by atoms with Gasteiger partial charge in [0.05, 0.1) is 0 Å². The molecule has 0 aliphatic heterocycles. The van der Waals surface area contributed by atoms with Gasteiger partial charge in [-0.15, -0.1) is 0 Å². The number of hydrogen-bond donors (Lipinski definition) is 3. The van der Waals surface area contributed by atoms with Crippen LogP contribution in [0.2, 0.25) is 0 Å². The van der Waals surface area contributed by atoms with E-state index in [1.54, 1.807) is 0 Å². The van der Waals surface area contributed by atoms with E-state index < -0.39 is 29.6 Å². The Hall–Kier alpha value is -2.44. The van der Waals surface area contributed by atoms with Crippen LogP contribution in [0.15, 0.2) is 24.3 Å². The van der Waals surface area contributed by atoms with Crippen molar-refractivity contribution in [2.45, 2.75) is 18.9 Å². The first-order valence-corrected chi connectivity index (χ1v) is 5.47. The van der Waals surface area contributed by atoms with Gasteiger partial charge in [-0.25, -0.2) is 4.39 Å². The Morgan fingerprint density at radius 3 is 2.58 bits per heavy atom. The van der Waals surface area contributed by atoms with Gasteiger partial charge in [-0.2, -0.15) is 0 Å². The second-order valence-electron chi connectivity index (χ2n) is 3.87. The molecule has 0 bridgehead atoms. The van der Waals surface area contributed by atoms with Crippen LogP contribution in [-0.2, 0) is 9.59 Å². The third kappa shape index (κ3) is 4.74. The number of carbonyl (C=O) groups is 3. The van der Waals surface area contributed by atoms with Crippen molar-refractivity contribution < 1.29 is 23.9 Å². The molecule has 2 amide bonds. The summed E-state index contributed by atoms with van der Waals surface area (Å²) in [7, 11) is 0. The normalized spacial score (nSPS) is 11.6. The van der Waals surface area contributed by atoms with E-state index in [1.807, 2.05) is 0 Å². The molecule has 0 saturated carbocycles. The highest BCUT2D eigenvalue weighted by Crippen LogP contribution is 2.05. The van der Waals surface area contributed by atoms with Gasteiger partial charge in [0.25, 0.3) is 5.91 Å². The van der Waals surface area contributed by atoms with Crippen molar-refractivity contribution in [3.8, 4) is 0 Å². The van der Waals surface area contributed by atoms with Crippen LogP contribution in [0.1, 0.15) is 23.2 Å². The van der Waals surface area contributed by atoms with E-state index in [1.165, 1.54) is 18.2 Å². The third-order valence-electron chi connectivity index (χ3n) is 2.38. The van der Waals surface area contributed by atoms with Crippen LogP contribution in [0.3, 0.4) is 0 Å². The van der Waals surface area contributed by atoms with Crippen molar-refractivity contribution in [1.82, 2.24) is 5.32 Å². The van der Waals surface area contributed by atoms with Gasteiger partial charge in [0.15, 0.2) is 0 Å². The van der Waals surface area contributed by atoms with E-state index in [4.69, 9.17) is 10.8 Å². The summed E-state index contributed by atoms with van der Waals surface area (Å²) >= 11 is 0. The highest BCUT2D eigenvalue weighted by atomic mass is 19.1. The van der Waals surface area contributed by atoms with Crippen LogP contribution in [-0.4, -0.2) is 28.9 Å². The predicted molar refractivity (Wildman–Crippen MR) is 63.7 cm³/mol. The predicted octanol–water partition coefficient (Wildman–Crippen LogP) is 0.274. The fourth-order valence-electron chi connectivity index (χ4n) is 1.42. The molecule has 1 aromatic carbocycles. The second kappa shape index (κ2) is 6.48. The number of carboxylic acids is 1. The fourth-order valence-corrected chi connectivity index (χ4v) is 1.42. The molecule has 19 heavy (non-hydrogen) atoms. The Morgan fingerprint density at radius 2 is 2.05 bits per heavy atom. The minimum Gasteiger partial charge on any atom is -0.481 e. The molecule has 1 rings (SSSR count). The van der Waals surface area contributed by atoms with E-state index in [0.29, 0.717) is 0 Å². The van der Waals surface area contributed by atoms with Gasteiger partial charge < -0.3 is 16.2 Å². The summed E-state index contributed by atoms with van der Waals surface area (Å²) in [5.41, 5.74) is 5.09. The molecular weight excluding hydrogens is 255 g/mol. The number of carboxylic acid groups (broad SMARTS) is 1. The lowest BCUT2D eigenvalue weighted by molar-refractivity contribution is -0.137. The van der Waals surface area contributed by atoms with Gasteiger partial charge in [-0.05, 0) is 24.6 Å². The lowest BCUT2D eigenvalue weighted by Crippen LogP contribution is -2.44. The molecule has 0 spiro atoms. The van der Waals surface area contributed by atoms with Crippen LogP contribution < -0.4 is 11.1 Å². The number of hydrogen-bond acceptors (Lipinski definition) is 3. The third-order valence-corrected chi connectivity index (χ3v) is 2.38.